The summed E-state index contributed by atoms with van der Waals surface area (Å²) in [6, 6.07) is 17.1. The molecule has 0 saturated heterocycles. The van der Waals surface area contributed by atoms with Crippen LogP contribution in [-0.2, 0) is 11.3 Å². The van der Waals surface area contributed by atoms with E-state index in [4.69, 9.17) is 0 Å². The summed E-state index contributed by atoms with van der Waals surface area (Å²) in [5.74, 6) is 0.311. The van der Waals surface area contributed by atoms with E-state index in [9.17, 15) is 9.59 Å². The maximum Gasteiger partial charge on any atom is 0.263 e. The average Bonchev–Trinajstić information content (AvgIpc) is 3.13. The first-order valence-electron chi connectivity index (χ1n) is 9.12. The number of aromatic nitrogens is 4. The molecule has 0 spiro atoms. The van der Waals surface area contributed by atoms with Gasteiger partial charge in [0.15, 0.2) is 5.65 Å². The Kier molecular flexibility index (Phi) is 4.82. The van der Waals surface area contributed by atoms with Crippen molar-refractivity contribution in [2.45, 2.75) is 13.5 Å². The molecule has 0 saturated carbocycles. The SMILES string of the molecule is CC(=O)N(C)Cc1cccc(Nc2nc3c(cnn3-c3ccccc3)c(=O)[nH]2)c1. The van der Waals surface area contributed by atoms with Gasteiger partial charge in [-0.3, -0.25) is 14.6 Å². The van der Waals surface area contributed by atoms with Crippen LogP contribution < -0.4 is 10.9 Å². The monoisotopic (exact) mass is 388 g/mol. The van der Waals surface area contributed by atoms with Crippen LogP contribution >= 0.6 is 0 Å². The number of hydrogen-bond donors (Lipinski definition) is 2. The zero-order valence-electron chi connectivity index (χ0n) is 16.1. The van der Waals surface area contributed by atoms with Gasteiger partial charge in [-0.1, -0.05) is 30.3 Å². The van der Waals surface area contributed by atoms with E-state index in [1.54, 1.807) is 16.6 Å². The van der Waals surface area contributed by atoms with Gasteiger partial charge in [0.25, 0.3) is 5.56 Å². The van der Waals surface area contributed by atoms with Gasteiger partial charge in [0.1, 0.15) is 5.39 Å². The molecule has 0 radical (unpaired) electrons. The quantitative estimate of drug-likeness (QED) is 0.548. The van der Waals surface area contributed by atoms with Gasteiger partial charge in [0.2, 0.25) is 11.9 Å². The lowest BCUT2D eigenvalue weighted by Crippen LogP contribution is -2.23. The number of anilines is 2. The average molecular weight is 388 g/mol. The van der Waals surface area contributed by atoms with Crippen molar-refractivity contribution >= 4 is 28.6 Å². The first-order chi connectivity index (χ1) is 14.0. The Balaban J connectivity index is 1.67. The number of carbonyl (C=O) groups is 1. The zero-order valence-corrected chi connectivity index (χ0v) is 16.1. The first-order valence-corrected chi connectivity index (χ1v) is 9.12. The van der Waals surface area contributed by atoms with E-state index in [1.165, 1.54) is 13.1 Å². The van der Waals surface area contributed by atoms with Crippen molar-refractivity contribution in [1.82, 2.24) is 24.6 Å². The molecule has 2 aromatic heterocycles. The molecule has 2 N–H and O–H groups in total. The third kappa shape index (κ3) is 3.86. The van der Waals surface area contributed by atoms with Crippen LogP contribution in [0.1, 0.15) is 12.5 Å². The Morgan fingerprint density at radius 3 is 2.72 bits per heavy atom. The van der Waals surface area contributed by atoms with Gasteiger partial charge in [0, 0.05) is 26.2 Å². The molecule has 146 valence electrons. The molecule has 0 atom stereocenters. The third-order valence-electron chi connectivity index (χ3n) is 4.59. The molecule has 4 rings (SSSR count). The predicted molar refractivity (Wildman–Crippen MR) is 111 cm³/mol. The maximum atomic E-state index is 12.5. The van der Waals surface area contributed by atoms with E-state index < -0.39 is 0 Å². The number of H-pyrrole nitrogens is 1. The van der Waals surface area contributed by atoms with E-state index in [0.29, 0.717) is 23.5 Å². The number of amides is 1. The van der Waals surface area contributed by atoms with Crippen molar-refractivity contribution < 1.29 is 4.79 Å². The highest BCUT2D eigenvalue weighted by molar-refractivity contribution is 5.77. The lowest BCUT2D eigenvalue weighted by atomic mass is 10.2. The highest BCUT2D eigenvalue weighted by Gasteiger charge is 2.12. The van der Waals surface area contributed by atoms with E-state index in [0.717, 1.165) is 16.9 Å². The summed E-state index contributed by atoms with van der Waals surface area (Å²) in [7, 11) is 1.75. The highest BCUT2D eigenvalue weighted by Crippen LogP contribution is 2.18. The van der Waals surface area contributed by atoms with Crippen molar-refractivity contribution in [1.29, 1.82) is 0 Å². The fraction of sp³-hybridized carbons (Fsp3) is 0.143. The number of rotatable bonds is 5. The minimum absolute atomic E-state index is 0.00557. The molecule has 8 heteroatoms. The van der Waals surface area contributed by atoms with Crippen molar-refractivity contribution in [3.63, 3.8) is 0 Å². The summed E-state index contributed by atoms with van der Waals surface area (Å²) in [5.41, 5.74) is 2.74. The van der Waals surface area contributed by atoms with Crippen LogP contribution in [0.2, 0.25) is 0 Å². The van der Waals surface area contributed by atoms with Crippen molar-refractivity contribution in [3.05, 3.63) is 76.7 Å². The van der Waals surface area contributed by atoms with Gasteiger partial charge in [-0.2, -0.15) is 10.1 Å². The number of hydrogen-bond acceptors (Lipinski definition) is 5. The minimum atomic E-state index is -0.271. The Labute approximate surface area is 166 Å². The van der Waals surface area contributed by atoms with Gasteiger partial charge in [-0.05, 0) is 29.8 Å². The minimum Gasteiger partial charge on any atom is -0.342 e. The van der Waals surface area contributed by atoms with Gasteiger partial charge < -0.3 is 10.2 Å². The second-order valence-corrected chi connectivity index (χ2v) is 6.74. The molecule has 29 heavy (non-hydrogen) atoms. The fourth-order valence-corrected chi connectivity index (χ4v) is 3.01. The number of para-hydroxylation sites is 1. The Hall–Kier alpha value is -3.94. The number of aromatic amines is 1. The molecule has 0 bridgehead atoms. The summed E-state index contributed by atoms with van der Waals surface area (Å²) < 4.78 is 1.63. The Morgan fingerprint density at radius 2 is 1.97 bits per heavy atom. The third-order valence-corrected chi connectivity index (χ3v) is 4.59. The fourth-order valence-electron chi connectivity index (χ4n) is 3.01. The van der Waals surface area contributed by atoms with Crippen LogP contribution in [0.3, 0.4) is 0 Å². The number of fused-ring (bicyclic) bond motifs is 1. The number of nitrogens with one attached hydrogen (secondary N) is 2. The van der Waals surface area contributed by atoms with Crippen LogP contribution in [-0.4, -0.2) is 37.6 Å². The summed E-state index contributed by atoms with van der Waals surface area (Å²) in [4.78, 5) is 32.9. The lowest BCUT2D eigenvalue weighted by Gasteiger charge is -2.15. The molecule has 0 aliphatic heterocycles. The highest BCUT2D eigenvalue weighted by atomic mass is 16.2. The van der Waals surface area contributed by atoms with E-state index >= 15 is 0 Å². The molecule has 0 unspecified atom stereocenters. The number of carbonyl (C=O) groups excluding carboxylic acids is 1. The summed E-state index contributed by atoms with van der Waals surface area (Å²) in [6.45, 7) is 2.02. The van der Waals surface area contributed by atoms with Crippen LogP contribution in [0.5, 0.6) is 0 Å². The Morgan fingerprint density at radius 1 is 1.17 bits per heavy atom. The topological polar surface area (TPSA) is 95.9 Å². The standard InChI is InChI=1S/C21H20N6O2/c1-14(28)26(2)13-15-7-6-8-16(11-15)23-21-24-19-18(20(29)25-21)12-22-27(19)17-9-4-3-5-10-17/h3-12H,13H2,1-2H3,(H2,23,24,25,29). The molecule has 2 aromatic carbocycles. The predicted octanol–water partition coefficient (Wildman–Crippen LogP) is 2.83. The Bertz CT molecular complexity index is 1230. The number of nitrogens with zero attached hydrogens (tertiary/aromatic N) is 4. The first kappa shape index (κ1) is 18.4. The van der Waals surface area contributed by atoms with Gasteiger partial charge in [-0.25, -0.2) is 4.68 Å². The summed E-state index contributed by atoms with van der Waals surface area (Å²) in [5, 5.41) is 7.86. The lowest BCUT2D eigenvalue weighted by molar-refractivity contribution is -0.128. The molecular weight excluding hydrogens is 368 g/mol. The molecule has 0 fully saturated rings. The molecule has 2 heterocycles. The molecule has 4 aromatic rings. The molecular formula is C21H20N6O2. The molecule has 8 nitrogen and oxygen atoms in total. The van der Waals surface area contributed by atoms with Crippen LogP contribution in [0.4, 0.5) is 11.6 Å². The summed E-state index contributed by atoms with van der Waals surface area (Å²) >= 11 is 0. The molecule has 1 amide bonds. The molecule has 0 aliphatic rings. The van der Waals surface area contributed by atoms with Crippen LogP contribution in [0.25, 0.3) is 16.7 Å². The van der Waals surface area contributed by atoms with Gasteiger partial charge >= 0.3 is 0 Å². The second kappa shape index (κ2) is 7.59. The smallest absolute Gasteiger partial charge is 0.263 e. The number of benzene rings is 2. The normalized spacial score (nSPS) is 10.8. The van der Waals surface area contributed by atoms with Gasteiger partial charge in [0.05, 0.1) is 11.9 Å². The van der Waals surface area contributed by atoms with Crippen molar-refractivity contribution in [2.24, 2.45) is 0 Å². The van der Waals surface area contributed by atoms with E-state index in [1.807, 2.05) is 54.6 Å². The van der Waals surface area contributed by atoms with Crippen LogP contribution in [0.15, 0.2) is 65.6 Å². The van der Waals surface area contributed by atoms with Crippen molar-refractivity contribution in [3.8, 4) is 5.69 Å². The zero-order chi connectivity index (χ0) is 20.4. The largest absolute Gasteiger partial charge is 0.342 e. The van der Waals surface area contributed by atoms with Crippen molar-refractivity contribution in [2.75, 3.05) is 12.4 Å². The van der Waals surface area contributed by atoms with Gasteiger partial charge in [-0.15, -0.1) is 0 Å². The molecule has 0 aliphatic carbocycles. The van der Waals surface area contributed by atoms with E-state index in [2.05, 4.69) is 20.4 Å². The summed E-state index contributed by atoms with van der Waals surface area (Å²) in [6.07, 6.45) is 1.51. The second-order valence-electron chi connectivity index (χ2n) is 6.74. The maximum absolute atomic E-state index is 12.5. The van der Waals surface area contributed by atoms with Crippen LogP contribution in [0, 0.1) is 0 Å². The van der Waals surface area contributed by atoms with E-state index in [-0.39, 0.29) is 11.5 Å².